The Balaban J connectivity index is 1.33. The van der Waals surface area contributed by atoms with E-state index in [4.69, 9.17) is 4.74 Å². The number of benzene rings is 3. The molecule has 0 unspecified atom stereocenters. The second-order valence-electron chi connectivity index (χ2n) is 9.14. The van der Waals surface area contributed by atoms with Gasteiger partial charge in [-0.05, 0) is 41.5 Å². The molecule has 5 rings (SSSR count). The Kier molecular flexibility index (Phi) is 7.29. The largest absolute Gasteiger partial charge is 0.373 e. The molecule has 1 aliphatic heterocycles. The van der Waals surface area contributed by atoms with Crippen LogP contribution in [0.2, 0.25) is 0 Å². The van der Waals surface area contributed by atoms with Crippen molar-refractivity contribution in [2.75, 3.05) is 6.61 Å². The van der Waals surface area contributed by atoms with Crippen LogP contribution < -0.4 is 5.32 Å². The number of amides is 1. The van der Waals surface area contributed by atoms with Crippen LogP contribution in [0.5, 0.6) is 0 Å². The molecule has 0 aliphatic carbocycles. The molecule has 0 radical (unpaired) electrons. The van der Waals surface area contributed by atoms with Gasteiger partial charge in [0.1, 0.15) is 5.69 Å². The van der Waals surface area contributed by atoms with Crippen molar-refractivity contribution in [3.63, 3.8) is 0 Å². The molecule has 1 N–H and O–H groups in total. The zero-order valence-corrected chi connectivity index (χ0v) is 19.7. The van der Waals surface area contributed by atoms with E-state index in [2.05, 4.69) is 64.2 Å². The first-order chi connectivity index (χ1) is 17.2. The Morgan fingerprint density at radius 1 is 0.857 bits per heavy atom. The lowest BCUT2D eigenvalue weighted by Gasteiger charge is -2.23. The maximum Gasteiger partial charge on any atom is 0.223 e. The predicted octanol–water partition coefficient (Wildman–Crippen LogP) is 4.45. The molecule has 4 aromatic rings. The Hall–Kier alpha value is -3.77. The number of rotatable bonds is 5. The fraction of sp³-hybridized carbons (Fsp3) is 0.276. The van der Waals surface area contributed by atoms with Gasteiger partial charge in [0.25, 0.3) is 0 Å². The van der Waals surface area contributed by atoms with Gasteiger partial charge in [0.15, 0.2) is 0 Å². The number of nitrogens with one attached hydrogen (secondary N) is 1. The molecule has 1 aromatic heterocycles. The van der Waals surface area contributed by atoms with Gasteiger partial charge >= 0.3 is 0 Å². The summed E-state index contributed by atoms with van der Waals surface area (Å²) in [6, 6.07) is 29.0. The van der Waals surface area contributed by atoms with Crippen LogP contribution in [0.15, 0.2) is 91.1 Å². The van der Waals surface area contributed by atoms with E-state index in [0.29, 0.717) is 32.6 Å². The van der Waals surface area contributed by atoms with Crippen molar-refractivity contribution in [2.45, 2.75) is 38.5 Å². The number of carbonyl (C=O) groups is 1. The van der Waals surface area contributed by atoms with Gasteiger partial charge in [-0.2, -0.15) is 0 Å². The highest BCUT2D eigenvalue weighted by molar-refractivity contribution is 5.79. The summed E-state index contributed by atoms with van der Waals surface area (Å²) in [5, 5.41) is 11.7. The third-order valence-corrected chi connectivity index (χ3v) is 6.45. The number of aryl methyl sites for hydroxylation is 1. The Labute approximate surface area is 206 Å². The van der Waals surface area contributed by atoms with Crippen molar-refractivity contribution in [3.05, 3.63) is 108 Å². The Morgan fingerprint density at radius 3 is 2.31 bits per heavy atom. The van der Waals surface area contributed by atoms with Gasteiger partial charge in [-0.1, -0.05) is 90.1 Å². The van der Waals surface area contributed by atoms with Crippen molar-refractivity contribution >= 4 is 5.91 Å². The highest BCUT2D eigenvalue weighted by Gasteiger charge is 2.24. The third-order valence-electron chi connectivity index (χ3n) is 6.45. The number of hydrogen-bond donors (Lipinski definition) is 1. The van der Waals surface area contributed by atoms with Gasteiger partial charge in [0.2, 0.25) is 5.91 Å². The van der Waals surface area contributed by atoms with Crippen LogP contribution in [-0.4, -0.2) is 33.5 Å². The number of nitrogens with zero attached hydrogens (tertiary/aromatic N) is 3. The number of carbonyl (C=O) groups excluding carboxylic acids is 1. The predicted molar refractivity (Wildman–Crippen MR) is 135 cm³/mol. The van der Waals surface area contributed by atoms with Gasteiger partial charge in [0, 0.05) is 12.5 Å². The van der Waals surface area contributed by atoms with Crippen molar-refractivity contribution in [3.8, 4) is 11.1 Å². The molecule has 6 nitrogen and oxygen atoms in total. The maximum atomic E-state index is 13.5. The second-order valence-corrected chi connectivity index (χ2v) is 9.14. The summed E-state index contributed by atoms with van der Waals surface area (Å²) >= 11 is 0. The van der Waals surface area contributed by atoms with Crippen LogP contribution in [0.1, 0.15) is 23.2 Å². The molecule has 2 bridgehead atoms. The molecular formula is C29H30N4O2. The van der Waals surface area contributed by atoms with Crippen molar-refractivity contribution in [2.24, 2.45) is 5.92 Å². The molecule has 6 heteroatoms. The standard InChI is InChI=1S/C29H30N4O2/c34-29-26(17-23-11-13-25(14-12-23)24-9-5-2-6-10-24)15-16-33-19-28(31-32-33)21-35-20-27(30-29)18-22-7-3-1-4-8-22/h1-14,19,26-27H,15-18,20-21H2,(H,30,34)/t26-,27-/m0/s1. The van der Waals surface area contributed by atoms with E-state index < -0.39 is 0 Å². The van der Waals surface area contributed by atoms with Gasteiger partial charge in [0.05, 0.1) is 25.5 Å². The lowest BCUT2D eigenvalue weighted by Crippen LogP contribution is -2.43. The van der Waals surface area contributed by atoms with E-state index in [1.165, 1.54) is 16.7 Å². The second kappa shape index (κ2) is 11.1. The Morgan fingerprint density at radius 2 is 1.54 bits per heavy atom. The molecule has 1 amide bonds. The molecule has 1 aliphatic rings. The molecule has 178 valence electrons. The van der Waals surface area contributed by atoms with Crippen LogP contribution in [-0.2, 0) is 35.5 Å². The number of hydrogen-bond acceptors (Lipinski definition) is 4. The summed E-state index contributed by atoms with van der Waals surface area (Å²) in [5.41, 5.74) is 5.49. The van der Waals surface area contributed by atoms with E-state index >= 15 is 0 Å². The average molecular weight is 467 g/mol. The van der Waals surface area contributed by atoms with Crippen molar-refractivity contribution in [1.29, 1.82) is 0 Å². The van der Waals surface area contributed by atoms with Crippen LogP contribution in [0.3, 0.4) is 0 Å². The number of aromatic nitrogens is 3. The first-order valence-electron chi connectivity index (χ1n) is 12.2. The smallest absolute Gasteiger partial charge is 0.223 e. The monoisotopic (exact) mass is 466 g/mol. The first-order valence-corrected chi connectivity index (χ1v) is 12.2. The lowest BCUT2D eigenvalue weighted by molar-refractivity contribution is -0.126. The molecule has 0 spiro atoms. The fourth-order valence-corrected chi connectivity index (χ4v) is 4.55. The van der Waals surface area contributed by atoms with E-state index in [-0.39, 0.29) is 17.9 Å². The van der Waals surface area contributed by atoms with E-state index in [1.54, 1.807) is 4.68 Å². The molecule has 3 aromatic carbocycles. The van der Waals surface area contributed by atoms with Crippen molar-refractivity contribution in [1.82, 2.24) is 20.3 Å². The molecule has 2 heterocycles. The first kappa shape index (κ1) is 23.0. The minimum atomic E-state index is -0.178. The van der Waals surface area contributed by atoms with Gasteiger partial charge < -0.3 is 10.1 Å². The van der Waals surface area contributed by atoms with Crippen LogP contribution in [0.4, 0.5) is 0 Å². The van der Waals surface area contributed by atoms with Gasteiger partial charge in [-0.3, -0.25) is 9.48 Å². The maximum absolute atomic E-state index is 13.5. The molecule has 35 heavy (non-hydrogen) atoms. The minimum Gasteiger partial charge on any atom is -0.373 e. The van der Waals surface area contributed by atoms with E-state index in [0.717, 1.165) is 17.7 Å². The lowest BCUT2D eigenvalue weighted by atomic mass is 9.93. The fourth-order valence-electron chi connectivity index (χ4n) is 4.55. The van der Waals surface area contributed by atoms with Crippen LogP contribution >= 0.6 is 0 Å². The molecular weight excluding hydrogens is 436 g/mol. The summed E-state index contributed by atoms with van der Waals surface area (Å²) in [6.45, 7) is 1.45. The molecule has 0 saturated carbocycles. The quantitative estimate of drug-likeness (QED) is 0.472. The summed E-state index contributed by atoms with van der Waals surface area (Å²) in [5.74, 6) is -0.120. The molecule has 2 atom stereocenters. The number of ether oxygens (including phenoxy) is 1. The van der Waals surface area contributed by atoms with E-state index in [1.807, 2.05) is 42.6 Å². The summed E-state index contributed by atoms with van der Waals surface area (Å²) in [4.78, 5) is 13.5. The highest BCUT2D eigenvalue weighted by atomic mass is 16.5. The average Bonchev–Trinajstić information content (AvgIpc) is 3.35. The Bertz CT molecular complexity index is 1220. The minimum absolute atomic E-state index is 0.0579. The molecule has 0 saturated heterocycles. The summed E-state index contributed by atoms with van der Waals surface area (Å²) in [6.07, 6.45) is 3.99. The SMILES string of the molecule is O=C1N[C@@H](Cc2ccccc2)COCc2cn(nn2)CC[C@H]1Cc1ccc(-c2ccccc2)cc1. The number of fused-ring (bicyclic) bond motifs is 2. The van der Waals surface area contributed by atoms with Crippen LogP contribution in [0, 0.1) is 5.92 Å². The zero-order valence-electron chi connectivity index (χ0n) is 19.7. The normalized spacial score (nSPS) is 18.8. The summed E-state index contributed by atoms with van der Waals surface area (Å²) in [7, 11) is 0. The summed E-state index contributed by atoms with van der Waals surface area (Å²) < 4.78 is 7.72. The zero-order chi connectivity index (χ0) is 23.9. The van der Waals surface area contributed by atoms with Gasteiger partial charge in [-0.25, -0.2) is 0 Å². The van der Waals surface area contributed by atoms with Crippen molar-refractivity contribution < 1.29 is 9.53 Å². The third kappa shape index (κ3) is 6.22. The molecule has 0 fully saturated rings. The highest BCUT2D eigenvalue weighted by Crippen LogP contribution is 2.22. The van der Waals surface area contributed by atoms with Crippen LogP contribution in [0.25, 0.3) is 11.1 Å². The van der Waals surface area contributed by atoms with E-state index in [9.17, 15) is 4.79 Å². The van der Waals surface area contributed by atoms with Gasteiger partial charge in [-0.15, -0.1) is 5.10 Å². The topological polar surface area (TPSA) is 69.0 Å².